The molecule has 0 aliphatic heterocycles. The molecule has 0 aliphatic carbocycles. The first-order chi connectivity index (χ1) is 18.1. The summed E-state index contributed by atoms with van der Waals surface area (Å²) in [5, 5.41) is 3.16. The van der Waals surface area contributed by atoms with E-state index in [4.69, 9.17) is 16.3 Å². The molecule has 0 radical (unpaired) electrons. The van der Waals surface area contributed by atoms with E-state index in [2.05, 4.69) is 5.32 Å². The first-order valence-corrected chi connectivity index (χ1v) is 13.9. The minimum atomic E-state index is -4.19. The molecule has 0 saturated heterocycles. The first-order valence-electron chi connectivity index (χ1n) is 12.1. The third kappa shape index (κ3) is 6.65. The zero-order chi connectivity index (χ0) is 27.9. The zero-order valence-electron chi connectivity index (χ0n) is 21.8. The smallest absolute Gasteiger partial charge is 0.264 e. The van der Waals surface area contributed by atoms with Crippen LogP contribution in [0.4, 0.5) is 5.69 Å². The van der Waals surface area contributed by atoms with E-state index < -0.39 is 28.5 Å². The van der Waals surface area contributed by atoms with E-state index in [1.54, 1.807) is 74.5 Å². The van der Waals surface area contributed by atoms with Crippen LogP contribution in [0.1, 0.15) is 25.0 Å². The van der Waals surface area contributed by atoms with Crippen molar-refractivity contribution in [3.8, 4) is 5.75 Å². The van der Waals surface area contributed by atoms with Gasteiger partial charge < -0.3 is 15.0 Å². The van der Waals surface area contributed by atoms with Crippen LogP contribution in [0.15, 0.2) is 77.7 Å². The van der Waals surface area contributed by atoms with Crippen LogP contribution < -0.4 is 14.4 Å². The second kappa shape index (κ2) is 12.8. The van der Waals surface area contributed by atoms with E-state index in [1.165, 1.54) is 24.1 Å². The van der Waals surface area contributed by atoms with Crippen molar-refractivity contribution in [3.05, 3.63) is 88.9 Å². The molecule has 1 N–H and O–H groups in total. The number of hydrogen-bond acceptors (Lipinski definition) is 5. The summed E-state index contributed by atoms with van der Waals surface area (Å²) in [6.45, 7) is 5.07. The zero-order valence-corrected chi connectivity index (χ0v) is 23.4. The van der Waals surface area contributed by atoms with Gasteiger partial charge in [-0.3, -0.25) is 13.9 Å². The van der Waals surface area contributed by atoms with Gasteiger partial charge in [0.1, 0.15) is 18.3 Å². The molecule has 3 aromatic carbocycles. The van der Waals surface area contributed by atoms with Crippen LogP contribution in [-0.2, 0) is 26.2 Å². The minimum absolute atomic E-state index is 0.0150. The summed E-state index contributed by atoms with van der Waals surface area (Å²) in [6.07, 6.45) is 0. The van der Waals surface area contributed by atoms with Crippen LogP contribution >= 0.6 is 11.6 Å². The molecule has 3 rings (SSSR count). The maximum atomic E-state index is 13.9. The lowest BCUT2D eigenvalue weighted by Crippen LogP contribution is -2.51. The molecule has 0 aliphatic rings. The van der Waals surface area contributed by atoms with Crippen LogP contribution in [0.25, 0.3) is 0 Å². The number of nitrogens with one attached hydrogen (secondary N) is 1. The fourth-order valence-electron chi connectivity index (χ4n) is 3.90. The topological polar surface area (TPSA) is 96.0 Å². The normalized spacial score (nSPS) is 11.9. The Morgan fingerprint density at radius 3 is 2.26 bits per heavy atom. The molecule has 10 heteroatoms. The van der Waals surface area contributed by atoms with Crippen molar-refractivity contribution in [1.29, 1.82) is 0 Å². The highest BCUT2D eigenvalue weighted by Gasteiger charge is 2.33. The number of rotatable bonds is 11. The largest absolute Gasteiger partial charge is 0.495 e. The van der Waals surface area contributed by atoms with Crippen LogP contribution in [0, 0.1) is 6.92 Å². The van der Waals surface area contributed by atoms with Crippen LogP contribution in [0.5, 0.6) is 5.75 Å². The molecule has 38 heavy (non-hydrogen) atoms. The highest BCUT2D eigenvalue weighted by atomic mass is 35.5. The van der Waals surface area contributed by atoms with Gasteiger partial charge in [0.05, 0.1) is 17.7 Å². The standard InChI is InChI=1S/C28H32ClN3O5S/c1-5-30-28(34)21(3)31(18-22-10-6-7-11-24(22)29)27(33)19-32(25-12-8-9-13-26(25)37-4)38(35,36)23-16-14-20(2)15-17-23/h6-17,21H,5,18-19H2,1-4H3,(H,30,34)/t21-/m1/s1. The number of para-hydroxylation sites is 2. The summed E-state index contributed by atoms with van der Waals surface area (Å²) in [6, 6.07) is 19.1. The Bertz CT molecular complexity index is 1380. The predicted molar refractivity (Wildman–Crippen MR) is 149 cm³/mol. The lowest BCUT2D eigenvalue weighted by atomic mass is 10.1. The molecule has 0 heterocycles. The maximum absolute atomic E-state index is 13.9. The van der Waals surface area contributed by atoms with Crippen molar-refractivity contribution in [1.82, 2.24) is 10.2 Å². The Kier molecular flexibility index (Phi) is 9.77. The summed E-state index contributed by atoms with van der Waals surface area (Å²) in [7, 11) is -2.76. The molecular formula is C28H32ClN3O5S. The molecule has 0 bridgehead atoms. The lowest BCUT2D eigenvalue weighted by molar-refractivity contribution is -0.139. The Morgan fingerprint density at radius 2 is 1.63 bits per heavy atom. The molecule has 0 unspecified atom stereocenters. The Morgan fingerprint density at radius 1 is 1.00 bits per heavy atom. The summed E-state index contributed by atoms with van der Waals surface area (Å²) in [5.74, 6) is -0.659. The second-order valence-corrected chi connectivity index (χ2v) is 10.9. The van der Waals surface area contributed by atoms with Crippen LogP contribution in [-0.4, -0.2) is 51.4 Å². The van der Waals surface area contributed by atoms with Crippen LogP contribution in [0.2, 0.25) is 5.02 Å². The van der Waals surface area contributed by atoms with E-state index in [0.29, 0.717) is 17.1 Å². The number of halogens is 1. The average molecular weight is 558 g/mol. The molecule has 3 aromatic rings. The van der Waals surface area contributed by atoms with Crippen molar-refractivity contribution >= 4 is 39.1 Å². The first kappa shape index (κ1) is 29.0. The molecular weight excluding hydrogens is 526 g/mol. The average Bonchev–Trinajstić information content (AvgIpc) is 2.91. The summed E-state index contributed by atoms with van der Waals surface area (Å²) < 4.78 is 34.2. The van der Waals surface area contributed by atoms with Crippen molar-refractivity contribution in [2.24, 2.45) is 0 Å². The van der Waals surface area contributed by atoms with E-state index in [1.807, 2.05) is 6.92 Å². The van der Waals surface area contributed by atoms with Gasteiger partial charge in [-0.05, 0) is 56.7 Å². The van der Waals surface area contributed by atoms with Gasteiger partial charge in [0.2, 0.25) is 11.8 Å². The van der Waals surface area contributed by atoms with Crippen molar-refractivity contribution in [2.45, 2.75) is 38.3 Å². The molecule has 0 fully saturated rings. The third-order valence-corrected chi connectivity index (χ3v) is 8.20. The molecule has 0 spiro atoms. The number of sulfonamides is 1. The quantitative estimate of drug-likeness (QED) is 0.377. The molecule has 0 aromatic heterocycles. The van der Waals surface area contributed by atoms with Gasteiger partial charge in [-0.2, -0.15) is 0 Å². The summed E-state index contributed by atoms with van der Waals surface area (Å²) in [5.41, 5.74) is 1.72. The van der Waals surface area contributed by atoms with E-state index in [0.717, 1.165) is 9.87 Å². The Labute approximate surface area is 229 Å². The van der Waals surface area contributed by atoms with Gasteiger partial charge in [-0.1, -0.05) is 59.6 Å². The molecule has 8 nitrogen and oxygen atoms in total. The number of carbonyl (C=O) groups is 2. The number of benzene rings is 3. The molecule has 202 valence electrons. The number of amides is 2. The fraction of sp³-hybridized carbons (Fsp3) is 0.286. The highest BCUT2D eigenvalue weighted by Crippen LogP contribution is 2.32. The fourth-order valence-corrected chi connectivity index (χ4v) is 5.52. The predicted octanol–water partition coefficient (Wildman–Crippen LogP) is 4.41. The van der Waals surface area contributed by atoms with E-state index >= 15 is 0 Å². The van der Waals surface area contributed by atoms with Crippen molar-refractivity contribution in [2.75, 3.05) is 24.5 Å². The number of likely N-dealkylation sites (N-methyl/N-ethyl adjacent to an activating group) is 1. The van der Waals surface area contributed by atoms with Gasteiger partial charge in [0, 0.05) is 18.1 Å². The van der Waals surface area contributed by atoms with Crippen molar-refractivity contribution < 1.29 is 22.7 Å². The third-order valence-electron chi connectivity index (χ3n) is 6.06. The monoisotopic (exact) mass is 557 g/mol. The summed E-state index contributed by atoms with van der Waals surface area (Å²) in [4.78, 5) is 28.0. The number of carbonyl (C=O) groups excluding carboxylic acids is 2. The SMILES string of the molecule is CCNC(=O)[C@@H](C)N(Cc1ccccc1Cl)C(=O)CN(c1ccccc1OC)S(=O)(=O)c1ccc(C)cc1. The van der Waals surface area contributed by atoms with Gasteiger partial charge in [-0.15, -0.1) is 0 Å². The molecule has 2 amide bonds. The number of ether oxygens (including phenoxy) is 1. The van der Waals surface area contributed by atoms with E-state index in [-0.39, 0.29) is 28.8 Å². The van der Waals surface area contributed by atoms with Crippen LogP contribution in [0.3, 0.4) is 0 Å². The Balaban J connectivity index is 2.08. The number of methoxy groups -OCH3 is 1. The van der Waals surface area contributed by atoms with E-state index in [9.17, 15) is 18.0 Å². The summed E-state index contributed by atoms with van der Waals surface area (Å²) >= 11 is 6.36. The van der Waals surface area contributed by atoms with Gasteiger partial charge >= 0.3 is 0 Å². The van der Waals surface area contributed by atoms with Gasteiger partial charge in [0.15, 0.2) is 0 Å². The van der Waals surface area contributed by atoms with Crippen molar-refractivity contribution in [3.63, 3.8) is 0 Å². The lowest BCUT2D eigenvalue weighted by Gasteiger charge is -2.32. The minimum Gasteiger partial charge on any atom is -0.495 e. The number of aryl methyl sites for hydroxylation is 1. The number of nitrogens with zero attached hydrogens (tertiary/aromatic N) is 2. The van der Waals surface area contributed by atoms with Gasteiger partial charge in [-0.25, -0.2) is 8.42 Å². The van der Waals surface area contributed by atoms with Gasteiger partial charge in [0.25, 0.3) is 10.0 Å². The molecule has 0 saturated carbocycles. The highest BCUT2D eigenvalue weighted by molar-refractivity contribution is 7.92. The molecule has 1 atom stereocenters. The second-order valence-electron chi connectivity index (χ2n) is 8.68. The Hall–Kier alpha value is -3.56. The number of hydrogen-bond donors (Lipinski definition) is 1. The maximum Gasteiger partial charge on any atom is 0.264 e. The number of anilines is 1.